The minimum atomic E-state index is -0.595. The first-order valence-electron chi connectivity index (χ1n) is 7.82. The number of rotatable bonds is 7. The van der Waals surface area contributed by atoms with Gasteiger partial charge in [-0.1, -0.05) is 29.8 Å². The molecular weight excluding hydrogens is 346 g/mol. The van der Waals surface area contributed by atoms with Gasteiger partial charge in [-0.05, 0) is 48.4 Å². The van der Waals surface area contributed by atoms with Crippen LogP contribution in [0.3, 0.4) is 0 Å². The number of benzene rings is 1. The van der Waals surface area contributed by atoms with Crippen molar-refractivity contribution in [1.29, 1.82) is 0 Å². The van der Waals surface area contributed by atoms with Crippen LogP contribution >= 0.6 is 22.9 Å². The Hall–Kier alpha value is -1.85. The van der Waals surface area contributed by atoms with Crippen molar-refractivity contribution in [2.45, 2.75) is 24.7 Å². The van der Waals surface area contributed by atoms with Gasteiger partial charge < -0.3 is 10.1 Å². The molecule has 1 aliphatic carbocycles. The fourth-order valence-corrected chi connectivity index (χ4v) is 3.44. The maximum atomic E-state index is 12.3. The molecular formula is C18H18ClNO3S. The minimum absolute atomic E-state index is 0.237. The highest BCUT2D eigenvalue weighted by Crippen LogP contribution is 2.49. The number of hydrogen-bond acceptors (Lipinski definition) is 4. The first-order valence-corrected chi connectivity index (χ1v) is 9.08. The molecule has 1 aromatic heterocycles. The van der Waals surface area contributed by atoms with Crippen molar-refractivity contribution >= 4 is 34.8 Å². The summed E-state index contributed by atoms with van der Waals surface area (Å²) in [6.07, 6.45) is 2.27. The van der Waals surface area contributed by atoms with E-state index in [9.17, 15) is 9.59 Å². The summed E-state index contributed by atoms with van der Waals surface area (Å²) in [4.78, 5) is 25.4. The minimum Gasteiger partial charge on any atom is -0.455 e. The Morgan fingerprint density at radius 3 is 2.58 bits per heavy atom. The third-order valence-electron chi connectivity index (χ3n) is 4.15. The largest absolute Gasteiger partial charge is 0.455 e. The predicted molar refractivity (Wildman–Crippen MR) is 94.4 cm³/mol. The summed E-state index contributed by atoms with van der Waals surface area (Å²) in [6, 6.07) is 11.2. The molecule has 1 amide bonds. The maximum absolute atomic E-state index is 12.3. The molecule has 0 unspecified atom stereocenters. The molecule has 0 saturated heterocycles. The van der Waals surface area contributed by atoms with Gasteiger partial charge in [-0.25, -0.2) is 0 Å². The first-order chi connectivity index (χ1) is 11.6. The van der Waals surface area contributed by atoms with E-state index in [1.807, 2.05) is 29.6 Å². The monoisotopic (exact) mass is 363 g/mol. The quantitative estimate of drug-likeness (QED) is 0.767. The van der Waals surface area contributed by atoms with Crippen LogP contribution in [-0.2, 0) is 26.2 Å². The van der Waals surface area contributed by atoms with Gasteiger partial charge in [0, 0.05) is 16.4 Å². The van der Waals surface area contributed by atoms with Crippen molar-refractivity contribution < 1.29 is 14.3 Å². The topological polar surface area (TPSA) is 55.4 Å². The van der Waals surface area contributed by atoms with E-state index in [0.717, 1.165) is 24.8 Å². The van der Waals surface area contributed by atoms with Crippen LogP contribution in [0.2, 0.25) is 5.02 Å². The fourth-order valence-electron chi connectivity index (χ4n) is 2.60. The second-order valence-corrected chi connectivity index (χ2v) is 7.31. The third kappa shape index (κ3) is 3.97. The van der Waals surface area contributed by atoms with Crippen molar-refractivity contribution in [2.75, 3.05) is 13.2 Å². The zero-order chi connectivity index (χ0) is 17.0. The molecule has 0 spiro atoms. The lowest BCUT2D eigenvalue weighted by molar-refractivity contribution is -0.151. The number of carbonyl (C=O) groups excluding carboxylic acids is 2. The van der Waals surface area contributed by atoms with Gasteiger partial charge in [-0.3, -0.25) is 9.59 Å². The number of hydrogen-bond donors (Lipinski definition) is 1. The lowest BCUT2D eigenvalue weighted by Gasteiger charge is -2.15. The van der Waals surface area contributed by atoms with Gasteiger partial charge in [0.05, 0.1) is 5.41 Å². The number of esters is 1. The molecule has 1 aromatic carbocycles. The van der Waals surface area contributed by atoms with E-state index in [2.05, 4.69) is 5.32 Å². The van der Waals surface area contributed by atoms with E-state index >= 15 is 0 Å². The van der Waals surface area contributed by atoms with E-state index in [1.165, 1.54) is 4.88 Å². The van der Waals surface area contributed by atoms with Crippen molar-refractivity contribution in [1.82, 2.24) is 5.32 Å². The van der Waals surface area contributed by atoms with Gasteiger partial charge in [0.25, 0.3) is 5.91 Å². The highest BCUT2D eigenvalue weighted by Gasteiger charge is 2.52. The van der Waals surface area contributed by atoms with E-state index < -0.39 is 5.41 Å². The Balaban J connectivity index is 1.45. The SMILES string of the molecule is O=C(COC(=O)C1(c2ccc(Cl)cc2)CC1)NCCc1cccs1. The average molecular weight is 364 g/mol. The van der Waals surface area contributed by atoms with Gasteiger partial charge >= 0.3 is 5.97 Å². The third-order valence-corrected chi connectivity index (χ3v) is 5.33. The standard InChI is InChI=1S/C18H18ClNO3S/c19-14-5-3-13(4-6-14)18(8-9-18)17(22)23-12-16(21)20-10-7-15-2-1-11-24-15/h1-6,11H,7-10,12H2,(H,20,21). The smallest absolute Gasteiger partial charge is 0.317 e. The number of ether oxygens (including phenoxy) is 1. The van der Waals surface area contributed by atoms with E-state index in [1.54, 1.807) is 23.5 Å². The maximum Gasteiger partial charge on any atom is 0.317 e. The first kappa shape index (κ1) is 17.0. The van der Waals surface area contributed by atoms with Crippen molar-refractivity contribution in [3.63, 3.8) is 0 Å². The Labute approximate surface area is 149 Å². The second-order valence-electron chi connectivity index (χ2n) is 5.84. The number of carbonyl (C=O) groups is 2. The summed E-state index contributed by atoms with van der Waals surface area (Å²) in [6.45, 7) is 0.303. The summed E-state index contributed by atoms with van der Waals surface area (Å²) in [5, 5.41) is 5.41. The van der Waals surface area contributed by atoms with Gasteiger partial charge in [-0.15, -0.1) is 11.3 Å². The van der Waals surface area contributed by atoms with Crippen LogP contribution in [0, 0.1) is 0 Å². The molecule has 3 rings (SSSR count). The molecule has 1 fully saturated rings. The molecule has 0 aliphatic heterocycles. The van der Waals surface area contributed by atoms with Gasteiger partial charge in [0.15, 0.2) is 6.61 Å². The van der Waals surface area contributed by atoms with Crippen molar-refractivity contribution in [3.8, 4) is 0 Å². The van der Waals surface area contributed by atoms with Gasteiger partial charge in [0.1, 0.15) is 0 Å². The van der Waals surface area contributed by atoms with E-state index in [4.69, 9.17) is 16.3 Å². The van der Waals surface area contributed by atoms with Crippen LogP contribution in [0.1, 0.15) is 23.3 Å². The van der Waals surface area contributed by atoms with Crippen LogP contribution in [0.4, 0.5) is 0 Å². The molecule has 126 valence electrons. The van der Waals surface area contributed by atoms with Crippen LogP contribution in [0.15, 0.2) is 41.8 Å². The lowest BCUT2D eigenvalue weighted by Crippen LogP contribution is -2.33. The Bertz CT molecular complexity index is 708. The molecule has 0 radical (unpaired) electrons. The molecule has 2 aromatic rings. The normalized spacial score (nSPS) is 14.9. The molecule has 0 atom stereocenters. The van der Waals surface area contributed by atoms with Crippen LogP contribution in [0.25, 0.3) is 0 Å². The van der Waals surface area contributed by atoms with Crippen LogP contribution in [-0.4, -0.2) is 25.0 Å². The number of nitrogens with one attached hydrogen (secondary N) is 1. The highest BCUT2D eigenvalue weighted by molar-refractivity contribution is 7.09. The van der Waals surface area contributed by atoms with Gasteiger partial charge in [0.2, 0.25) is 0 Å². The number of halogens is 1. The predicted octanol–water partition coefficient (Wildman–Crippen LogP) is 3.34. The lowest BCUT2D eigenvalue weighted by atomic mass is 9.96. The number of amides is 1. The van der Waals surface area contributed by atoms with E-state index in [0.29, 0.717) is 11.6 Å². The zero-order valence-corrected chi connectivity index (χ0v) is 14.7. The molecule has 0 bridgehead atoms. The average Bonchev–Trinajstić information content (AvgIpc) is 3.23. The highest BCUT2D eigenvalue weighted by atomic mass is 35.5. The summed E-state index contributed by atoms with van der Waals surface area (Å²) in [5.41, 5.74) is 0.303. The summed E-state index contributed by atoms with van der Waals surface area (Å²) >= 11 is 7.54. The molecule has 4 nitrogen and oxygen atoms in total. The Kier molecular flexibility index (Phi) is 5.21. The fraction of sp³-hybridized carbons (Fsp3) is 0.333. The molecule has 1 saturated carbocycles. The Morgan fingerprint density at radius 2 is 1.96 bits per heavy atom. The van der Waals surface area contributed by atoms with E-state index in [-0.39, 0.29) is 18.5 Å². The number of thiophene rings is 1. The molecule has 24 heavy (non-hydrogen) atoms. The second kappa shape index (κ2) is 7.36. The molecule has 1 N–H and O–H groups in total. The van der Waals surface area contributed by atoms with Crippen LogP contribution in [0.5, 0.6) is 0 Å². The molecule has 1 heterocycles. The van der Waals surface area contributed by atoms with Crippen molar-refractivity contribution in [3.05, 3.63) is 57.2 Å². The Morgan fingerprint density at radius 1 is 1.21 bits per heavy atom. The summed E-state index contributed by atoms with van der Waals surface area (Å²) in [5.74, 6) is -0.606. The summed E-state index contributed by atoms with van der Waals surface area (Å²) in [7, 11) is 0. The summed E-state index contributed by atoms with van der Waals surface area (Å²) < 4.78 is 5.22. The molecule has 6 heteroatoms. The van der Waals surface area contributed by atoms with Gasteiger partial charge in [-0.2, -0.15) is 0 Å². The molecule has 1 aliphatic rings. The zero-order valence-electron chi connectivity index (χ0n) is 13.1. The van der Waals surface area contributed by atoms with Crippen LogP contribution < -0.4 is 5.32 Å². The van der Waals surface area contributed by atoms with Crippen molar-refractivity contribution in [2.24, 2.45) is 0 Å².